The van der Waals surface area contributed by atoms with E-state index >= 15 is 0 Å². The Morgan fingerprint density at radius 3 is 2.50 bits per heavy atom. The Bertz CT molecular complexity index is 488. The average molecular weight is 244 g/mol. The number of fused-ring (bicyclic) bond motifs is 2. The van der Waals surface area contributed by atoms with E-state index in [1.54, 1.807) is 6.07 Å². The van der Waals surface area contributed by atoms with Crippen LogP contribution in [0.15, 0.2) is 18.2 Å². The summed E-state index contributed by atoms with van der Waals surface area (Å²) in [6.07, 6.45) is 4.02. The molecule has 0 heterocycles. The fourth-order valence-corrected chi connectivity index (χ4v) is 4.69. The minimum absolute atomic E-state index is 0.399. The number of rotatable bonds is 1. The van der Waals surface area contributed by atoms with Crippen LogP contribution in [0, 0.1) is 23.7 Å². The van der Waals surface area contributed by atoms with Crippen molar-refractivity contribution in [3.8, 4) is 5.75 Å². The van der Waals surface area contributed by atoms with E-state index in [-0.39, 0.29) is 0 Å². The van der Waals surface area contributed by atoms with Crippen molar-refractivity contribution >= 4 is 0 Å². The standard InChI is InChI=1S/C17H24O/c1-11-13(6-5-7-15(11)18)14-10-12-8-9-17(14,4)16(12,2)3/h5-7,12,14,18H,8-10H2,1-4H3. The van der Waals surface area contributed by atoms with Crippen LogP contribution in [0.4, 0.5) is 0 Å². The predicted octanol–water partition coefficient (Wildman–Crippen LogP) is 4.63. The molecule has 98 valence electrons. The Balaban J connectivity index is 2.08. The lowest BCUT2D eigenvalue weighted by molar-refractivity contribution is 0.134. The van der Waals surface area contributed by atoms with Crippen LogP contribution in [0.3, 0.4) is 0 Å². The predicted molar refractivity (Wildman–Crippen MR) is 74.8 cm³/mol. The van der Waals surface area contributed by atoms with Crippen molar-refractivity contribution in [1.29, 1.82) is 0 Å². The summed E-state index contributed by atoms with van der Waals surface area (Å²) in [7, 11) is 0. The van der Waals surface area contributed by atoms with Crippen LogP contribution >= 0.6 is 0 Å². The van der Waals surface area contributed by atoms with Gasteiger partial charge in [0.1, 0.15) is 5.75 Å². The topological polar surface area (TPSA) is 20.2 Å². The Morgan fingerprint density at radius 2 is 1.94 bits per heavy atom. The molecule has 1 aromatic rings. The normalized spacial score (nSPS) is 37.1. The number of aromatic hydroxyl groups is 1. The molecule has 2 fully saturated rings. The zero-order valence-electron chi connectivity index (χ0n) is 12.0. The molecule has 2 aliphatic carbocycles. The summed E-state index contributed by atoms with van der Waals surface area (Å²) >= 11 is 0. The molecule has 1 N–H and O–H groups in total. The van der Waals surface area contributed by atoms with Gasteiger partial charge in [-0.05, 0) is 66.0 Å². The number of phenolic OH excluding ortho intramolecular Hbond substituents is 1. The maximum absolute atomic E-state index is 9.94. The number of hydrogen-bond acceptors (Lipinski definition) is 1. The van der Waals surface area contributed by atoms with Crippen molar-refractivity contribution < 1.29 is 5.11 Å². The number of benzene rings is 1. The van der Waals surface area contributed by atoms with Crippen molar-refractivity contribution in [2.24, 2.45) is 16.7 Å². The van der Waals surface area contributed by atoms with Crippen LogP contribution < -0.4 is 0 Å². The summed E-state index contributed by atoms with van der Waals surface area (Å²) in [4.78, 5) is 0. The summed E-state index contributed by atoms with van der Waals surface area (Å²) < 4.78 is 0. The molecular weight excluding hydrogens is 220 g/mol. The Kier molecular flexibility index (Phi) is 2.36. The van der Waals surface area contributed by atoms with Crippen molar-refractivity contribution in [2.75, 3.05) is 0 Å². The zero-order valence-corrected chi connectivity index (χ0v) is 12.0. The summed E-state index contributed by atoms with van der Waals surface area (Å²) in [6, 6.07) is 6.03. The Hall–Kier alpha value is -0.980. The van der Waals surface area contributed by atoms with Gasteiger partial charge in [-0.15, -0.1) is 0 Å². The molecule has 0 amide bonds. The number of phenols is 1. The maximum atomic E-state index is 9.94. The first kappa shape index (κ1) is 12.1. The molecule has 3 rings (SSSR count). The molecule has 2 saturated carbocycles. The monoisotopic (exact) mass is 244 g/mol. The maximum Gasteiger partial charge on any atom is 0.118 e. The van der Waals surface area contributed by atoms with Gasteiger partial charge < -0.3 is 5.11 Å². The molecule has 0 radical (unpaired) electrons. The van der Waals surface area contributed by atoms with Gasteiger partial charge >= 0.3 is 0 Å². The third-order valence-corrected chi connectivity index (χ3v) is 6.52. The molecule has 1 aromatic carbocycles. The van der Waals surface area contributed by atoms with Crippen LogP contribution in [-0.4, -0.2) is 5.11 Å². The van der Waals surface area contributed by atoms with Crippen LogP contribution in [0.5, 0.6) is 5.75 Å². The zero-order chi connectivity index (χ0) is 13.1. The fraction of sp³-hybridized carbons (Fsp3) is 0.647. The molecular formula is C17H24O. The van der Waals surface area contributed by atoms with Gasteiger partial charge in [-0.1, -0.05) is 32.9 Å². The molecule has 0 aromatic heterocycles. The smallest absolute Gasteiger partial charge is 0.118 e. The first-order valence-electron chi connectivity index (χ1n) is 7.16. The van der Waals surface area contributed by atoms with E-state index in [9.17, 15) is 5.11 Å². The van der Waals surface area contributed by atoms with E-state index in [1.807, 2.05) is 6.07 Å². The van der Waals surface area contributed by atoms with Gasteiger partial charge in [0.05, 0.1) is 0 Å². The summed E-state index contributed by atoms with van der Waals surface area (Å²) in [6.45, 7) is 9.42. The molecule has 0 aliphatic heterocycles. The average Bonchev–Trinajstić information content (AvgIpc) is 2.65. The van der Waals surface area contributed by atoms with Crippen molar-refractivity contribution in [3.63, 3.8) is 0 Å². The highest BCUT2D eigenvalue weighted by Crippen LogP contribution is 2.71. The van der Waals surface area contributed by atoms with E-state index in [0.717, 1.165) is 11.5 Å². The molecule has 1 nitrogen and oxygen atoms in total. The lowest BCUT2D eigenvalue weighted by atomic mass is 9.64. The first-order chi connectivity index (χ1) is 8.38. The SMILES string of the molecule is Cc1c(O)cccc1C1CC2CCC1(C)C2(C)C. The molecule has 0 saturated heterocycles. The molecule has 3 atom stereocenters. The second-order valence-corrected chi connectivity index (χ2v) is 7.15. The van der Waals surface area contributed by atoms with Gasteiger partial charge in [0.25, 0.3) is 0 Å². The Labute approximate surface area is 110 Å². The largest absolute Gasteiger partial charge is 0.508 e. The molecule has 2 aliphatic rings. The summed E-state index contributed by atoms with van der Waals surface area (Å²) in [5, 5.41) is 9.94. The minimum Gasteiger partial charge on any atom is -0.508 e. The van der Waals surface area contributed by atoms with Crippen LogP contribution in [0.2, 0.25) is 0 Å². The number of hydrogen-bond donors (Lipinski definition) is 1. The first-order valence-corrected chi connectivity index (χ1v) is 7.16. The minimum atomic E-state index is 0.399. The van der Waals surface area contributed by atoms with Gasteiger partial charge in [0.15, 0.2) is 0 Å². The second-order valence-electron chi connectivity index (χ2n) is 7.15. The van der Waals surface area contributed by atoms with Gasteiger partial charge in [0, 0.05) is 0 Å². The lowest BCUT2D eigenvalue weighted by Gasteiger charge is -2.40. The van der Waals surface area contributed by atoms with Crippen LogP contribution in [0.25, 0.3) is 0 Å². The van der Waals surface area contributed by atoms with Crippen molar-refractivity contribution in [3.05, 3.63) is 29.3 Å². The molecule has 1 heteroatoms. The van der Waals surface area contributed by atoms with Crippen molar-refractivity contribution in [1.82, 2.24) is 0 Å². The van der Waals surface area contributed by atoms with Crippen LogP contribution in [0.1, 0.15) is 57.1 Å². The fourth-order valence-electron chi connectivity index (χ4n) is 4.69. The summed E-state index contributed by atoms with van der Waals surface area (Å²) in [5.41, 5.74) is 3.31. The highest BCUT2D eigenvalue weighted by Gasteiger charge is 2.61. The molecule has 18 heavy (non-hydrogen) atoms. The molecule has 2 bridgehead atoms. The van der Waals surface area contributed by atoms with Gasteiger partial charge in [-0.3, -0.25) is 0 Å². The third kappa shape index (κ3) is 1.28. The third-order valence-electron chi connectivity index (χ3n) is 6.52. The van der Waals surface area contributed by atoms with E-state index in [0.29, 0.717) is 22.5 Å². The second kappa shape index (κ2) is 3.53. The van der Waals surface area contributed by atoms with Crippen LogP contribution in [-0.2, 0) is 0 Å². The summed E-state index contributed by atoms with van der Waals surface area (Å²) in [5.74, 6) is 1.93. The van der Waals surface area contributed by atoms with Gasteiger partial charge in [0.2, 0.25) is 0 Å². The lowest BCUT2D eigenvalue weighted by Crippen LogP contribution is -2.31. The van der Waals surface area contributed by atoms with E-state index in [4.69, 9.17) is 0 Å². The molecule has 0 spiro atoms. The van der Waals surface area contributed by atoms with E-state index in [1.165, 1.54) is 24.8 Å². The Morgan fingerprint density at radius 1 is 1.22 bits per heavy atom. The van der Waals surface area contributed by atoms with Crippen molar-refractivity contribution in [2.45, 2.75) is 52.9 Å². The highest BCUT2D eigenvalue weighted by atomic mass is 16.3. The van der Waals surface area contributed by atoms with E-state index < -0.39 is 0 Å². The highest BCUT2D eigenvalue weighted by molar-refractivity contribution is 5.42. The quantitative estimate of drug-likeness (QED) is 0.763. The van der Waals surface area contributed by atoms with Gasteiger partial charge in [-0.2, -0.15) is 0 Å². The van der Waals surface area contributed by atoms with Gasteiger partial charge in [-0.25, -0.2) is 0 Å². The van der Waals surface area contributed by atoms with E-state index in [2.05, 4.69) is 33.8 Å². The molecule has 3 unspecified atom stereocenters.